The summed E-state index contributed by atoms with van der Waals surface area (Å²) >= 11 is 0. The first-order chi connectivity index (χ1) is 12.7. The number of nitrogens with one attached hydrogen (secondary N) is 1. The van der Waals surface area contributed by atoms with Crippen molar-refractivity contribution in [3.63, 3.8) is 0 Å². The van der Waals surface area contributed by atoms with Crippen LogP contribution in [0.5, 0.6) is 0 Å². The minimum atomic E-state index is -0.249. The van der Waals surface area contributed by atoms with Crippen molar-refractivity contribution < 1.29 is 4.79 Å². The molecule has 1 amide bonds. The lowest BCUT2D eigenvalue weighted by Gasteiger charge is -2.34. The van der Waals surface area contributed by atoms with Crippen LogP contribution in [0.2, 0.25) is 0 Å². The summed E-state index contributed by atoms with van der Waals surface area (Å²) in [5.41, 5.74) is 1.95. The Bertz CT molecular complexity index is 976. The molecule has 1 aromatic carbocycles. The second-order valence-corrected chi connectivity index (χ2v) is 6.48. The van der Waals surface area contributed by atoms with Crippen LogP contribution in [0.25, 0.3) is 10.9 Å². The molecule has 2 aromatic heterocycles. The molecule has 1 aliphatic rings. The summed E-state index contributed by atoms with van der Waals surface area (Å²) < 4.78 is 0. The molecule has 0 aliphatic carbocycles. The van der Waals surface area contributed by atoms with E-state index in [0.717, 1.165) is 30.7 Å². The summed E-state index contributed by atoms with van der Waals surface area (Å²) in [6.07, 6.45) is 1.80. The molecule has 6 nitrogen and oxygen atoms in total. The third-order valence-corrected chi connectivity index (χ3v) is 4.75. The second kappa shape index (κ2) is 7.09. The Morgan fingerprint density at radius 1 is 1.04 bits per heavy atom. The molecule has 0 spiro atoms. The number of aromatic amines is 1. The van der Waals surface area contributed by atoms with Gasteiger partial charge in [0.05, 0.1) is 11.3 Å². The highest BCUT2D eigenvalue weighted by Crippen LogP contribution is 2.18. The number of para-hydroxylation sites is 1. The maximum Gasteiger partial charge on any atom is 0.254 e. The highest BCUT2D eigenvalue weighted by atomic mass is 16.2. The fourth-order valence-electron chi connectivity index (χ4n) is 3.38. The Kier molecular flexibility index (Phi) is 4.50. The molecule has 0 saturated carbocycles. The Labute approximate surface area is 151 Å². The SMILES string of the molecule is O=C(c1cc(=O)[nH]c2ccccc12)N1CCN(Cc2ccccn2)CC1. The summed E-state index contributed by atoms with van der Waals surface area (Å²) in [4.78, 5) is 36.1. The van der Waals surface area contributed by atoms with Crippen molar-refractivity contribution in [2.24, 2.45) is 0 Å². The average Bonchev–Trinajstić information content (AvgIpc) is 2.68. The number of aromatic nitrogens is 2. The predicted octanol–water partition coefficient (Wildman–Crippen LogP) is 1.88. The second-order valence-electron chi connectivity index (χ2n) is 6.48. The summed E-state index contributed by atoms with van der Waals surface area (Å²) in [6, 6.07) is 14.7. The van der Waals surface area contributed by atoms with E-state index < -0.39 is 0 Å². The lowest BCUT2D eigenvalue weighted by Crippen LogP contribution is -2.48. The molecule has 1 aliphatic heterocycles. The predicted molar refractivity (Wildman–Crippen MR) is 100.0 cm³/mol. The Morgan fingerprint density at radius 2 is 1.81 bits per heavy atom. The first kappa shape index (κ1) is 16.5. The zero-order valence-corrected chi connectivity index (χ0v) is 14.4. The molecule has 132 valence electrons. The quantitative estimate of drug-likeness (QED) is 0.785. The maximum absolute atomic E-state index is 13.0. The van der Waals surface area contributed by atoms with E-state index in [-0.39, 0.29) is 11.5 Å². The van der Waals surface area contributed by atoms with Gasteiger partial charge in [-0.15, -0.1) is 0 Å². The average molecular weight is 348 g/mol. The van der Waals surface area contributed by atoms with E-state index in [9.17, 15) is 9.59 Å². The molecule has 1 saturated heterocycles. The lowest BCUT2D eigenvalue weighted by atomic mass is 10.1. The van der Waals surface area contributed by atoms with Gasteiger partial charge >= 0.3 is 0 Å². The van der Waals surface area contributed by atoms with Gasteiger partial charge in [-0.2, -0.15) is 0 Å². The number of carbonyl (C=O) groups is 1. The molecule has 6 heteroatoms. The number of H-pyrrole nitrogens is 1. The van der Waals surface area contributed by atoms with Crippen LogP contribution >= 0.6 is 0 Å². The molecule has 1 N–H and O–H groups in total. The molecular weight excluding hydrogens is 328 g/mol. The number of benzene rings is 1. The van der Waals surface area contributed by atoms with Gasteiger partial charge in [-0.1, -0.05) is 24.3 Å². The number of nitrogens with zero attached hydrogens (tertiary/aromatic N) is 3. The van der Waals surface area contributed by atoms with Crippen LogP contribution in [-0.4, -0.2) is 51.9 Å². The van der Waals surface area contributed by atoms with Crippen molar-refractivity contribution in [2.45, 2.75) is 6.54 Å². The maximum atomic E-state index is 13.0. The van der Waals surface area contributed by atoms with Crippen LogP contribution in [0.4, 0.5) is 0 Å². The van der Waals surface area contributed by atoms with E-state index in [4.69, 9.17) is 0 Å². The Morgan fingerprint density at radius 3 is 2.58 bits per heavy atom. The van der Waals surface area contributed by atoms with Gasteiger partial charge in [-0.25, -0.2) is 0 Å². The summed E-state index contributed by atoms with van der Waals surface area (Å²) in [6.45, 7) is 3.67. The number of piperazine rings is 1. The molecular formula is C20H20N4O2. The third-order valence-electron chi connectivity index (χ3n) is 4.75. The number of rotatable bonds is 3. The number of pyridine rings is 2. The summed E-state index contributed by atoms with van der Waals surface area (Å²) in [5.74, 6) is -0.0789. The van der Waals surface area contributed by atoms with Crippen LogP contribution in [-0.2, 0) is 6.54 Å². The minimum Gasteiger partial charge on any atom is -0.336 e. The van der Waals surface area contributed by atoms with Gasteiger partial charge in [-0.3, -0.25) is 19.5 Å². The summed E-state index contributed by atoms with van der Waals surface area (Å²) in [5, 5.41) is 0.785. The molecule has 3 heterocycles. The normalized spacial score (nSPS) is 15.3. The lowest BCUT2D eigenvalue weighted by molar-refractivity contribution is 0.0629. The van der Waals surface area contributed by atoms with Crippen molar-refractivity contribution >= 4 is 16.8 Å². The molecule has 0 atom stereocenters. The zero-order chi connectivity index (χ0) is 17.9. The van der Waals surface area contributed by atoms with Crippen LogP contribution in [0.3, 0.4) is 0 Å². The van der Waals surface area contributed by atoms with Crippen LogP contribution in [0.15, 0.2) is 59.5 Å². The van der Waals surface area contributed by atoms with Gasteiger partial charge in [0, 0.05) is 55.9 Å². The molecule has 3 aromatic rings. The monoisotopic (exact) mass is 348 g/mol. The first-order valence-corrected chi connectivity index (χ1v) is 8.74. The van der Waals surface area contributed by atoms with Crippen molar-refractivity contribution in [2.75, 3.05) is 26.2 Å². The number of hydrogen-bond donors (Lipinski definition) is 1. The third kappa shape index (κ3) is 3.36. The van der Waals surface area contributed by atoms with Gasteiger partial charge in [0.25, 0.3) is 5.91 Å². The fourth-order valence-corrected chi connectivity index (χ4v) is 3.38. The first-order valence-electron chi connectivity index (χ1n) is 8.74. The number of fused-ring (bicyclic) bond motifs is 1. The highest BCUT2D eigenvalue weighted by molar-refractivity contribution is 6.05. The smallest absolute Gasteiger partial charge is 0.254 e. The van der Waals surface area contributed by atoms with E-state index in [0.29, 0.717) is 24.2 Å². The van der Waals surface area contributed by atoms with E-state index in [1.165, 1.54) is 6.07 Å². The Balaban J connectivity index is 1.48. The largest absolute Gasteiger partial charge is 0.336 e. The zero-order valence-electron chi connectivity index (χ0n) is 14.4. The highest BCUT2D eigenvalue weighted by Gasteiger charge is 2.24. The molecule has 1 fully saturated rings. The molecule has 0 bridgehead atoms. The number of hydrogen-bond acceptors (Lipinski definition) is 4. The minimum absolute atomic E-state index is 0.0789. The van der Waals surface area contributed by atoms with Gasteiger partial charge in [0.1, 0.15) is 0 Å². The van der Waals surface area contributed by atoms with E-state index in [2.05, 4.69) is 14.9 Å². The standard InChI is InChI=1S/C20H20N4O2/c25-19-13-17(16-6-1-2-7-18(16)22-19)20(26)24-11-9-23(10-12-24)14-15-5-3-4-8-21-15/h1-8,13H,9-12,14H2,(H,22,25). The van der Waals surface area contributed by atoms with Gasteiger partial charge in [0.15, 0.2) is 0 Å². The van der Waals surface area contributed by atoms with Crippen molar-refractivity contribution in [1.82, 2.24) is 19.8 Å². The van der Waals surface area contributed by atoms with Crippen molar-refractivity contribution in [3.8, 4) is 0 Å². The number of carbonyl (C=O) groups excluding carboxylic acids is 1. The molecule has 0 radical (unpaired) electrons. The van der Waals surface area contributed by atoms with Crippen LogP contribution < -0.4 is 5.56 Å². The number of amides is 1. The van der Waals surface area contributed by atoms with E-state index in [1.807, 2.05) is 47.4 Å². The fraction of sp³-hybridized carbons (Fsp3) is 0.250. The van der Waals surface area contributed by atoms with Gasteiger partial charge < -0.3 is 9.88 Å². The van der Waals surface area contributed by atoms with Crippen molar-refractivity contribution in [3.05, 3.63) is 76.3 Å². The molecule has 0 unspecified atom stereocenters. The molecule has 4 rings (SSSR count). The Hall–Kier alpha value is -2.99. The summed E-state index contributed by atoms with van der Waals surface area (Å²) in [7, 11) is 0. The topological polar surface area (TPSA) is 69.3 Å². The van der Waals surface area contributed by atoms with Crippen LogP contribution in [0.1, 0.15) is 16.1 Å². The van der Waals surface area contributed by atoms with Crippen molar-refractivity contribution in [1.29, 1.82) is 0 Å². The van der Waals surface area contributed by atoms with Gasteiger partial charge in [-0.05, 0) is 18.2 Å². The van der Waals surface area contributed by atoms with Gasteiger partial charge in [0.2, 0.25) is 5.56 Å². The van der Waals surface area contributed by atoms with E-state index in [1.54, 1.807) is 6.20 Å². The van der Waals surface area contributed by atoms with E-state index >= 15 is 0 Å². The van der Waals surface area contributed by atoms with Crippen LogP contribution in [0, 0.1) is 0 Å². The molecule has 26 heavy (non-hydrogen) atoms.